The van der Waals surface area contributed by atoms with Gasteiger partial charge in [0.1, 0.15) is 18.2 Å². The molecule has 0 spiro atoms. The van der Waals surface area contributed by atoms with Gasteiger partial charge in [0.25, 0.3) is 0 Å². The zero-order chi connectivity index (χ0) is 21.2. The molecule has 5 rings (SSSR count). The molecule has 2 N–H and O–H groups in total. The second-order valence-corrected chi connectivity index (χ2v) is 8.57. The van der Waals surface area contributed by atoms with Crippen LogP contribution in [0.25, 0.3) is 21.5 Å². The Kier molecular flexibility index (Phi) is 5.40. The van der Waals surface area contributed by atoms with Crippen LogP contribution >= 0.6 is 11.3 Å². The Morgan fingerprint density at radius 3 is 2.58 bits per heavy atom. The van der Waals surface area contributed by atoms with Crippen molar-refractivity contribution >= 4 is 32.9 Å². The normalized spacial score (nSPS) is 14.2. The van der Waals surface area contributed by atoms with Gasteiger partial charge in [0.15, 0.2) is 0 Å². The number of fused-ring (bicyclic) bond motifs is 1. The lowest BCUT2D eigenvalue weighted by Gasteiger charge is -2.29. The van der Waals surface area contributed by atoms with Crippen molar-refractivity contribution in [2.45, 2.75) is 13.5 Å². The minimum Gasteiger partial charge on any atom is -0.488 e. The summed E-state index contributed by atoms with van der Waals surface area (Å²) in [7, 11) is 0. The van der Waals surface area contributed by atoms with Crippen LogP contribution < -0.4 is 15.4 Å². The summed E-state index contributed by atoms with van der Waals surface area (Å²) in [6.07, 6.45) is 3.66. The largest absolute Gasteiger partial charge is 0.488 e. The fourth-order valence-corrected chi connectivity index (χ4v) is 4.61. The van der Waals surface area contributed by atoms with Crippen LogP contribution in [0.5, 0.6) is 5.75 Å². The van der Waals surface area contributed by atoms with Crippen LogP contribution in [0.2, 0.25) is 0 Å². The van der Waals surface area contributed by atoms with E-state index >= 15 is 0 Å². The number of thiophene rings is 1. The van der Waals surface area contributed by atoms with Gasteiger partial charge in [-0.15, -0.1) is 11.3 Å². The summed E-state index contributed by atoms with van der Waals surface area (Å²) in [6, 6.07) is 11.7. The summed E-state index contributed by atoms with van der Waals surface area (Å²) in [6.45, 7) is 5.54. The molecule has 0 saturated carbocycles. The number of nitrogen functional groups attached to an aromatic ring is 1. The van der Waals surface area contributed by atoms with Crippen LogP contribution in [0.15, 0.2) is 48.8 Å². The van der Waals surface area contributed by atoms with Gasteiger partial charge in [-0.2, -0.15) is 0 Å². The number of hydrogen-bond donors (Lipinski definition) is 1. The van der Waals surface area contributed by atoms with E-state index in [1.165, 1.54) is 5.69 Å². The van der Waals surface area contributed by atoms with Crippen LogP contribution in [0.4, 0.5) is 11.4 Å². The molecule has 3 aromatic heterocycles. The zero-order valence-electron chi connectivity index (χ0n) is 17.2. The highest BCUT2D eigenvalue weighted by molar-refractivity contribution is 7.19. The molecule has 0 amide bonds. The van der Waals surface area contributed by atoms with Crippen molar-refractivity contribution in [3.63, 3.8) is 0 Å². The Balaban J connectivity index is 1.51. The van der Waals surface area contributed by atoms with E-state index in [1.807, 2.05) is 43.6 Å². The van der Waals surface area contributed by atoms with Crippen molar-refractivity contribution in [2.75, 3.05) is 36.9 Å². The number of rotatable bonds is 5. The van der Waals surface area contributed by atoms with E-state index in [2.05, 4.69) is 27.0 Å². The van der Waals surface area contributed by atoms with Crippen molar-refractivity contribution in [1.29, 1.82) is 0 Å². The molecule has 0 bridgehead atoms. The van der Waals surface area contributed by atoms with E-state index in [-0.39, 0.29) is 0 Å². The Bertz CT molecular complexity index is 1190. The summed E-state index contributed by atoms with van der Waals surface area (Å²) in [4.78, 5) is 17.1. The average molecular weight is 434 g/mol. The number of aryl methyl sites for hydroxylation is 1. The van der Waals surface area contributed by atoms with E-state index in [9.17, 15) is 0 Å². The van der Waals surface area contributed by atoms with E-state index in [4.69, 9.17) is 20.2 Å². The van der Waals surface area contributed by atoms with Gasteiger partial charge in [0, 0.05) is 41.6 Å². The summed E-state index contributed by atoms with van der Waals surface area (Å²) >= 11 is 1.72. The van der Waals surface area contributed by atoms with Crippen LogP contribution in [-0.2, 0) is 11.3 Å². The molecule has 1 saturated heterocycles. The number of ether oxygens (including phenoxy) is 2. The first-order chi connectivity index (χ1) is 15.2. The third kappa shape index (κ3) is 4.30. The van der Waals surface area contributed by atoms with Crippen LogP contribution in [0, 0.1) is 6.92 Å². The SMILES string of the molecule is Cc1ncc(-c2cc(N3CCOCC3)c3sc(COc4ccc(N)cc4)cc3n2)cn1. The van der Waals surface area contributed by atoms with Gasteiger partial charge < -0.3 is 20.1 Å². The van der Waals surface area contributed by atoms with Crippen molar-refractivity contribution < 1.29 is 9.47 Å². The summed E-state index contributed by atoms with van der Waals surface area (Å²) in [5.74, 6) is 1.54. The molecule has 0 aliphatic carbocycles. The second-order valence-electron chi connectivity index (χ2n) is 7.43. The molecule has 7 nitrogen and oxygen atoms in total. The van der Waals surface area contributed by atoms with Crippen molar-refractivity contribution in [1.82, 2.24) is 15.0 Å². The molecule has 1 aliphatic rings. The summed E-state index contributed by atoms with van der Waals surface area (Å²) in [5, 5.41) is 0. The number of anilines is 2. The van der Waals surface area contributed by atoms with Gasteiger partial charge in [0.2, 0.25) is 0 Å². The fourth-order valence-electron chi connectivity index (χ4n) is 3.56. The standard InChI is InChI=1S/C23H23N5O2S/c1-15-25-12-16(13-26-15)20-11-22(28-6-8-29-9-7-28)23-21(27-20)10-19(31-23)14-30-18-4-2-17(24)3-5-18/h2-5,10-13H,6-9,14,24H2,1H3. The van der Waals surface area contributed by atoms with Crippen LogP contribution in [0.1, 0.15) is 10.7 Å². The average Bonchev–Trinajstić information content (AvgIpc) is 3.22. The van der Waals surface area contributed by atoms with Gasteiger partial charge in [0.05, 0.1) is 34.8 Å². The van der Waals surface area contributed by atoms with E-state index in [1.54, 1.807) is 11.3 Å². The summed E-state index contributed by atoms with van der Waals surface area (Å²) in [5.41, 5.74) is 10.4. The first-order valence-corrected chi connectivity index (χ1v) is 11.0. The van der Waals surface area contributed by atoms with Gasteiger partial charge in [-0.25, -0.2) is 15.0 Å². The Morgan fingerprint density at radius 2 is 1.84 bits per heavy atom. The monoisotopic (exact) mass is 433 g/mol. The molecule has 31 heavy (non-hydrogen) atoms. The van der Waals surface area contributed by atoms with Crippen molar-refractivity contribution in [3.05, 3.63) is 59.5 Å². The predicted octanol–water partition coefficient (Wildman–Crippen LogP) is 4.06. The molecular formula is C23H23N5O2S. The molecule has 0 atom stereocenters. The second kappa shape index (κ2) is 8.49. The number of pyridine rings is 1. The van der Waals surface area contributed by atoms with Crippen LogP contribution in [-0.4, -0.2) is 41.3 Å². The lowest BCUT2D eigenvalue weighted by Crippen LogP contribution is -2.36. The van der Waals surface area contributed by atoms with Crippen molar-refractivity contribution in [3.8, 4) is 17.0 Å². The quantitative estimate of drug-likeness (QED) is 0.475. The number of morpholine rings is 1. The highest BCUT2D eigenvalue weighted by atomic mass is 32.1. The Hall–Kier alpha value is -3.23. The van der Waals surface area contributed by atoms with Gasteiger partial charge in [-0.1, -0.05) is 0 Å². The number of aromatic nitrogens is 3. The van der Waals surface area contributed by atoms with Gasteiger partial charge in [-0.3, -0.25) is 0 Å². The molecule has 4 heterocycles. The Morgan fingerprint density at radius 1 is 1.10 bits per heavy atom. The third-order valence-corrected chi connectivity index (χ3v) is 6.32. The number of nitrogens with zero attached hydrogens (tertiary/aromatic N) is 4. The van der Waals surface area contributed by atoms with Gasteiger partial charge >= 0.3 is 0 Å². The van der Waals surface area contributed by atoms with E-state index in [0.29, 0.717) is 6.61 Å². The molecule has 0 radical (unpaired) electrons. The highest BCUT2D eigenvalue weighted by Crippen LogP contribution is 2.37. The van der Waals surface area contributed by atoms with Crippen LogP contribution in [0.3, 0.4) is 0 Å². The molecule has 1 aromatic carbocycles. The zero-order valence-corrected chi connectivity index (χ0v) is 18.1. The molecule has 1 aliphatic heterocycles. The molecule has 0 unspecified atom stereocenters. The number of nitrogens with two attached hydrogens (primary N) is 1. The third-order valence-electron chi connectivity index (χ3n) is 5.20. The first kappa shape index (κ1) is 19.7. The number of hydrogen-bond acceptors (Lipinski definition) is 8. The van der Waals surface area contributed by atoms with E-state index < -0.39 is 0 Å². The predicted molar refractivity (Wildman–Crippen MR) is 124 cm³/mol. The summed E-state index contributed by atoms with van der Waals surface area (Å²) < 4.78 is 12.7. The van der Waals surface area contributed by atoms with Crippen molar-refractivity contribution in [2.24, 2.45) is 0 Å². The minimum atomic E-state index is 0.483. The molecule has 1 fully saturated rings. The van der Waals surface area contributed by atoms with Gasteiger partial charge in [-0.05, 0) is 43.3 Å². The van der Waals surface area contributed by atoms with E-state index in [0.717, 1.165) is 69.9 Å². The molecule has 8 heteroatoms. The minimum absolute atomic E-state index is 0.483. The fraction of sp³-hybridized carbons (Fsp3) is 0.261. The first-order valence-electron chi connectivity index (χ1n) is 10.2. The topological polar surface area (TPSA) is 86.4 Å². The lowest BCUT2D eigenvalue weighted by atomic mass is 10.1. The number of benzene rings is 1. The lowest BCUT2D eigenvalue weighted by molar-refractivity contribution is 0.123. The molecule has 4 aromatic rings. The highest BCUT2D eigenvalue weighted by Gasteiger charge is 2.19. The maximum atomic E-state index is 5.96. The maximum absolute atomic E-state index is 5.96. The smallest absolute Gasteiger partial charge is 0.125 e. The Labute approximate surface area is 184 Å². The molecular weight excluding hydrogens is 410 g/mol. The molecule has 158 valence electrons. The maximum Gasteiger partial charge on any atom is 0.125 e.